The van der Waals surface area contributed by atoms with Gasteiger partial charge in [-0.25, -0.2) is 0 Å². The Kier molecular flexibility index (Phi) is 4.50. The van der Waals surface area contributed by atoms with Gasteiger partial charge in [0.2, 0.25) is 11.8 Å². The molecule has 0 saturated heterocycles. The summed E-state index contributed by atoms with van der Waals surface area (Å²) in [5, 5.41) is 8.37. The minimum absolute atomic E-state index is 0.497. The van der Waals surface area contributed by atoms with Gasteiger partial charge in [-0.15, -0.1) is 10.2 Å². The van der Waals surface area contributed by atoms with Crippen LogP contribution in [0.4, 0.5) is 0 Å². The summed E-state index contributed by atoms with van der Waals surface area (Å²) in [6, 6.07) is 24.2. The quantitative estimate of drug-likeness (QED) is 0.420. The van der Waals surface area contributed by atoms with E-state index in [4.69, 9.17) is 4.42 Å². The van der Waals surface area contributed by atoms with E-state index >= 15 is 0 Å². The third-order valence-electron chi connectivity index (χ3n) is 4.38. The predicted octanol–water partition coefficient (Wildman–Crippen LogP) is 6.36. The van der Waals surface area contributed by atoms with E-state index in [0.29, 0.717) is 11.8 Å². The standard InChI is InChI=1S/C24H18N2O/c1-3-17-7-5-9-21(15-17)19-11-13-20(14-12-19)23-25-26-24(27-23)22-10-6-8-18(4-2)16-22/h3-16H,1-2H2. The molecule has 130 valence electrons. The molecule has 1 heterocycles. The van der Waals surface area contributed by atoms with Gasteiger partial charge in [0.15, 0.2) is 0 Å². The smallest absolute Gasteiger partial charge is 0.248 e. The second-order valence-corrected chi connectivity index (χ2v) is 6.15. The first-order valence-corrected chi connectivity index (χ1v) is 8.66. The van der Waals surface area contributed by atoms with E-state index in [1.807, 2.05) is 54.6 Å². The number of aromatic nitrogens is 2. The van der Waals surface area contributed by atoms with Gasteiger partial charge in [-0.1, -0.05) is 67.8 Å². The van der Waals surface area contributed by atoms with E-state index in [-0.39, 0.29) is 0 Å². The zero-order valence-corrected chi connectivity index (χ0v) is 14.8. The predicted molar refractivity (Wildman–Crippen MR) is 111 cm³/mol. The number of hydrogen-bond donors (Lipinski definition) is 0. The van der Waals surface area contributed by atoms with Gasteiger partial charge < -0.3 is 4.42 Å². The lowest BCUT2D eigenvalue weighted by Gasteiger charge is -2.04. The molecular formula is C24H18N2O. The summed E-state index contributed by atoms with van der Waals surface area (Å²) >= 11 is 0. The SMILES string of the molecule is C=Cc1cccc(-c2ccc(-c3nnc(-c4cccc(C=C)c4)o3)cc2)c1. The number of hydrogen-bond acceptors (Lipinski definition) is 3. The van der Waals surface area contributed by atoms with Crippen LogP contribution < -0.4 is 0 Å². The molecule has 0 amide bonds. The molecule has 3 aromatic carbocycles. The largest absolute Gasteiger partial charge is 0.416 e. The fourth-order valence-electron chi connectivity index (χ4n) is 2.91. The van der Waals surface area contributed by atoms with E-state index < -0.39 is 0 Å². The zero-order chi connectivity index (χ0) is 18.6. The second-order valence-electron chi connectivity index (χ2n) is 6.15. The molecule has 0 aliphatic rings. The van der Waals surface area contributed by atoms with Gasteiger partial charge in [0.1, 0.15) is 0 Å². The van der Waals surface area contributed by atoms with Crippen LogP contribution in [0.15, 0.2) is 90.4 Å². The maximum absolute atomic E-state index is 5.87. The highest BCUT2D eigenvalue weighted by Gasteiger charge is 2.11. The molecular weight excluding hydrogens is 332 g/mol. The van der Waals surface area contributed by atoms with Crippen LogP contribution in [0.1, 0.15) is 11.1 Å². The highest BCUT2D eigenvalue weighted by molar-refractivity contribution is 5.70. The van der Waals surface area contributed by atoms with Gasteiger partial charge in [0.05, 0.1) is 0 Å². The summed E-state index contributed by atoms with van der Waals surface area (Å²) in [5.74, 6) is 0.997. The molecule has 0 aliphatic heterocycles. The molecule has 3 nitrogen and oxygen atoms in total. The van der Waals surface area contributed by atoms with Crippen molar-refractivity contribution in [2.45, 2.75) is 0 Å². The van der Waals surface area contributed by atoms with Crippen LogP contribution in [0, 0.1) is 0 Å². The summed E-state index contributed by atoms with van der Waals surface area (Å²) in [7, 11) is 0. The molecule has 0 fully saturated rings. The maximum Gasteiger partial charge on any atom is 0.248 e. The minimum Gasteiger partial charge on any atom is -0.416 e. The van der Waals surface area contributed by atoms with Crippen molar-refractivity contribution in [2.24, 2.45) is 0 Å². The first-order valence-electron chi connectivity index (χ1n) is 8.66. The Labute approximate surface area is 158 Å². The monoisotopic (exact) mass is 350 g/mol. The summed E-state index contributed by atoms with van der Waals surface area (Å²) in [6.45, 7) is 7.62. The van der Waals surface area contributed by atoms with Crippen LogP contribution in [-0.2, 0) is 0 Å². The Hall–Kier alpha value is -3.72. The third-order valence-corrected chi connectivity index (χ3v) is 4.38. The summed E-state index contributed by atoms with van der Waals surface area (Å²) < 4.78 is 5.87. The van der Waals surface area contributed by atoms with E-state index in [2.05, 4.69) is 47.6 Å². The van der Waals surface area contributed by atoms with Gasteiger partial charge >= 0.3 is 0 Å². The lowest BCUT2D eigenvalue weighted by atomic mass is 10.0. The average molecular weight is 350 g/mol. The lowest BCUT2D eigenvalue weighted by molar-refractivity contribution is 0.584. The van der Waals surface area contributed by atoms with E-state index in [9.17, 15) is 0 Å². The van der Waals surface area contributed by atoms with Crippen LogP contribution in [0.3, 0.4) is 0 Å². The minimum atomic E-state index is 0.497. The molecule has 27 heavy (non-hydrogen) atoms. The number of rotatable bonds is 5. The van der Waals surface area contributed by atoms with Crippen molar-refractivity contribution in [3.05, 3.63) is 97.1 Å². The molecule has 0 atom stereocenters. The van der Waals surface area contributed by atoms with Crippen molar-refractivity contribution in [3.8, 4) is 34.0 Å². The molecule has 0 radical (unpaired) electrons. The lowest BCUT2D eigenvalue weighted by Crippen LogP contribution is -1.81. The van der Waals surface area contributed by atoms with E-state index in [0.717, 1.165) is 33.4 Å². The second kappa shape index (κ2) is 7.26. The molecule has 0 saturated carbocycles. The van der Waals surface area contributed by atoms with Crippen LogP contribution in [0.5, 0.6) is 0 Å². The van der Waals surface area contributed by atoms with Crippen molar-refractivity contribution in [1.82, 2.24) is 10.2 Å². The highest BCUT2D eigenvalue weighted by atomic mass is 16.4. The summed E-state index contributed by atoms with van der Waals surface area (Å²) in [5.41, 5.74) is 6.15. The average Bonchev–Trinajstić information content (AvgIpc) is 3.24. The van der Waals surface area contributed by atoms with Gasteiger partial charge in [-0.2, -0.15) is 0 Å². The zero-order valence-electron chi connectivity index (χ0n) is 14.8. The van der Waals surface area contributed by atoms with Crippen molar-refractivity contribution in [2.75, 3.05) is 0 Å². The molecule has 1 aromatic heterocycles. The molecule has 0 bridgehead atoms. The molecule has 0 N–H and O–H groups in total. The van der Waals surface area contributed by atoms with E-state index in [1.165, 1.54) is 0 Å². The molecule has 4 rings (SSSR count). The van der Waals surface area contributed by atoms with Crippen LogP contribution in [-0.4, -0.2) is 10.2 Å². The summed E-state index contributed by atoms with van der Waals surface area (Å²) in [4.78, 5) is 0. The van der Waals surface area contributed by atoms with Crippen LogP contribution >= 0.6 is 0 Å². The molecule has 3 heteroatoms. The fourth-order valence-corrected chi connectivity index (χ4v) is 2.91. The van der Waals surface area contributed by atoms with Crippen LogP contribution in [0.2, 0.25) is 0 Å². The van der Waals surface area contributed by atoms with Gasteiger partial charge in [0, 0.05) is 11.1 Å². The van der Waals surface area contributed by atoms with Crippen molar-refractivity contribution in [3.63, 3.8) is 0 Å². The normalized spacial score (nSPS) is 10.5. The molecule has 0 aliphatic carbocycles. The van der Waals surface area contributed by atoms with Gasteiger partial charge in [-0.05, 0) is 52.6 Å². The Morgan fingerprint density at radius 2 is 1.11 bits per heavy atom. The van der Waals surface area contributed by atoms with Crippen molar-refractivity contribution >= 4 is 12.2 Å². The Balaban J connectivity index is 1.62. The Morgan fingerprint density at radius 1 is 0.593 bits per heavy atom. The third kappa shape index (κ3) is 3.48. The first-order chi connectivity index (χ1) is 13.3. The molecule has 4 aromatic rings. The first kappa shape index (κ1) is 16.7. The fraction of sp³-hybridized carbons (Fsp3) is 0. The Morgan fingerprint density at radius 3 is 1.74 bits per heavy atom. The Bertz CT molecular complexity index is 1110. The van der Waals surface area contributed by atoms with Gasteiger partial charge in [-0.3, -0.25) is 0 Å². The maximum atomic E-state index is 5.87. The highest BCUT2D eigenvalue weighted by Crippen LogP contribution is 2.27. The summed E-state index contributed by atoms with van der Waals surface area (Å²) in [6.07, 6.45) is 3.64. The molecule has 0 spiro atoms. The van der Waals surface area contributed by atoms with Gasteiger partial charge in [0.25, 0.3) is 0 Å². The van der Waals surface area contributed by atoms with Crippen molar-refractivity contribution < 1.29 is 4.42 Å². The number of nitrogens with zero attached hydrogens (tertiary/aromatic N) is 2. The number of benzene rings is 3. The topological polar surface area (TPSA) is 38.9 Å². The van der Waals surface area contributed by atoms with Crippen molar-refractivity contribution in [1.29, 1.82) is 0 Å². The van der Waals surface area contributed by atoms with Crippen LogP contribution in [0.25, 0.3) is 46.2 Å². The molecule has 0 unspecified atom stereocenters. The van der Waals surface area contributed by atoms with E-state index in [1.54, 1.807) is 6.08 Å².